The lowest BCUT2D eigenvalue weighted by atomic mass is 9.98. The Kier molecular flexibility index (Phi) is 6.65. The summed E-state index contributed by atoms with van der Waals surface area (Å²) in [5, 5.41) is 27.9. The van der Waals surface area contributed by atoms with Crippen LogP contribution in [0.1, 0.15) is 25.3 Å². The van der Waals surface area contributed by atoms with Crippen LogP contribution in [0.3, 0.4) is 0 Å². The average molecular weight is 437 g/mol. The lowest BCUT2D eigenvalue weighted by molar-refractivity contribution is -0.383. The predicted molar refractivity (Wildman–Crippen MR) is 126 cm³/mol. The normalized spacial score (nSPS) is 16.2. The molecule has 1 unspecified atom stereocenters. The lowest BCUT2D eigenvalue weighted by Crippen LogP contribution is -2.36. The molecule has 32 heavy (non-hydrogen) atoms. The van der Waals surface area contributed by atoms with Crippen molar-refractivity contribution < 1.29 is 10.0 Å². The van der Waals surface area contributed by atoms with Gasteiger partial charge in [-0.1, -0.05) is 12.1 Å². The Morgan fingerprint density at radius 3 is 2.75 bits per heavy atom. The van der Waals surface area contributed by atoms with E-state index < -0.39 is 4.92 Å². The molecule has 1 saturated heterocycles. The number of aliphatic hydroxyl groups is 1. The molecule has 0 saturated carbocycles. The number of benzene rings is 2. The molecule has 0 radical (unpaired) electrons. The average Bonchev–Trinajstić information content (AvgIpc) is 2.82. The fourth-order valence-electron chi connectivity index (χ4n) is 4.17. The van der Waals surface area contributed by atoms with Crippen molar-refractivity contribution in [2.75, 3.05) is 41.8 Å². The topological polar surface area (TPSA) is 116 Å². The van der Waals surface area contributed by atoms with Gasteiger partial charge in [0.15, 0.2) is 0 Å². The number of aliphatic hydroxyl groups excluding tert-OH is 1. The van der Waals surface area contributed by atoms with E-state index in [1.54, 1.807) is 6.07 Å². The van der Waals surface area contributed by atoms with Crippen LogP contribution in [-0.4, -0.2) is 46.2 Å². The molecule has 3 aromatic rings. The van der Waals surface area contributed by atoms with Crippen LogP contribution >= 0.6 is 0 Å². The summed E-state index contributed by atoms with van der Waals surface area (Å²) >= 11 is 0. The van der Waals surface area contributed by atoms with Gasteiger partial charge >= 0.3 is 0 Å². The van der Waals surface area contributed by atoms with Crippen LogP contribution in [0.4, 0.5) is 22.9 Å². The highest BCUT2D eigenvalue weighted by molar-refractivity contribution is 5.94. The van der Waals surface area contributed by atoms with Gasteiger partial charge < -0.3 is 20.6 Å². The van der Waals surface area contributed by atoms with E-state index in [-0.39, 0.29) is 12.3 Å². The number of piperidine rings is 1. The summed E-state index contributed by atoms with van der Waals surface area (Å²) in [4.78, 5) is 22.0. The second kappa shape index (κ2) is 9.78. The monoisotopic (exact) mass is 436 g/mol. The quantitative estimate of drug-likeness (QED) is 0.361. The van der Waals surface area contributed by atoms with Crippen molar-refractivity contribution in [1.29, 1.82) is 0 Å². The molecule has 9 nitrogen and oxygen atoms in total. The van der Waals surface area contributed by atoms with Crippen molar-refractivity contribution >= 4 is 33.8 Å². The van der Waals surface area contributed by atoms with E-state index in [4.69, 9.17) is 0 Å². The number of nitrogens with zero attached hydrogens (tertiary/aromatic N) is 4. The molecular weight excluding hydrogens is 408 g/mol. The van der Waals surface area contributed by atoms with E-state index in [1.807, 2.05) is 6.92 Å². The molecule has 9 heteroatoms. The van der Waals surface area contributed by atoms with Crippen molar-refractivity contribution in [3.05, 3.63) is 58.4 Å². The summed E-state index contributed by atoms with van der Waals surface area (Å²) in [5.41, 5.74) is 3.33. The highest BCUT2D eigenvalue weighted by Gasteiger charge is 2.20. The van der Waals surface area contributed by atoms with E-state index in [0.29, 0.717) is 41.4 Å². The van der Waals surface area contributed by atoms with Crippen molar-refractivity contribution in [3.8, 4) is 0 Å². The maximum absolute atomic E-state index is 11.5. The molecule has 0 aliphatic carbocycles. The zero-order valence-corrected chi connectivity index (χ0v) is 18.1. The summed E-state index contributed by atoms with van der Waals surface area (Å²) < 4.78 is 0. The maximum Gasteiger partial charge on any atom is 0.293 e. The maximum atomic E-state index is 11.5. The second-order valence-corrected chi connectivity index (χ2v) is 8.05. The van der Waals surface area contributed by atoms with E-state index in [9.17, 15) is 15.2 Å². The van der Waals surface area contributed by atoms with Gasteiger partial charge in [0.25, 0.3) is 5.69 Å². The fourth-order valence-corrected chi connectivity index (χ4v) is 4.17. The summed E-state index contributed by atoms with van der Waals surface area (Å²) in [6, 6.07) is 11.5. The van der Waals surface area contributed by atoms with Gasteiger partial charge in [0, 0.05) is 49.9 Å². The number of rotatable bonds is 8. The molecule has 0 amide bonds. The molecule has 4 rings (SSSR count). The van der Waals surface area contributed by atoms with E-state index in [0.717, 1.165) is 37.2 Å². The van der Waals surface area contributed by atoms with E-state index in [2.05, 4.69) is 49.8 Å². The third kappa shape index (κ3) is 4.72. The smallest absolute Gasteiger partial charge is 0.293 e. The minimum absolute atomic E-state index is 0.00395. The van der Waals surface area contributed by atoms with Gasteiger partial charge in [-0.15, -0.1) is 0 Å². The number of nitro groups is 1. The first kappa shape index (κ1) is 21.8. The predicted octanol–water partition coefficient (Wildman–Crippen LogP) is 3.79. The molecule has 0 bridgehead atoms. The van der Waals surface area contributed by atoms with Crippen LogP contribution in [0.5, 0.6) is 0 Å². The highest BCUT2D eigenvalue weighted by atomic mass is 16.6. The molecule has 1 aliphatic rings. The number of fused-ring (bicyclic) bond motifs is 1. The number of hydrogen-bond donors (Lipinski definition) is 3. The molecule has 1 aromatic heterocycles. The molecule has 2 aromatic carbocycles. The standard InChI is InChI=1S/C23H28N6O3/c1-2-24-21-11-20-19(10-22(21)29(31)32)23(27-15-26-20)25-12-16-5-7-18(8-6-16)28-9-3-4-17(13-28)14-30/h5-8,10-11,15,17,24,30H,2-4,9,12-14H2,1H3,(H,25,26,27). The Hall–Kier alpha value is -3.46. The van der Waals surface area contributed by atoms with E-state index in [1.165, 1.54) is 12.4 Å². The fraction of sp³-hybridized carbons (Fsp3) is 0.391. The Morgan fingerprint density at radius 2 is 2.03 bits per heavy atom. The minimum atomic E-state index is -0.394. The number of anilines is 3. The van der Waals surface area contributed by atoms with Gasteiger partial charge in [-0.2, -0.15) is 0 Å². The van der Waals surface area contributed by atoms with Gasteiger partial charge in [-0.25, -0.2) is 9.97 Å². The van der Waals surface area contributed by atoms with E-state index >= 15 is 0 Å². The highest BCUT2D eigenvalue weighted by Crippen LogP contribution is 2.32. The molecule has 0 spiro atoms. The van der Waals surface area contributed by atoms with Crippen molar-refractivity contribution in [2.45, 2.75) is 26.3 Å². The number of hydrogen-bond acceptors (Lipinski definition) is 8. The molecule has 168 valence electrons. The van der Waals surface area contributed by atoms with Crippen molar-refractivity contribution in [3.63, 3.8) is 0 Å². The summed E-state index contributed by atoms with van der Waals surface area (Å²) in [6.45, 7) is 5.14. The van der Waals surface area contributed by atoms with Crippen LogP contribution < -0.4 is 15.5 Å². The number of nitro benzene ring substituents is 1. The van der Waals surface area contributed by atoms with Gasteiger partial charge in [0.2, 0.25) is 0 Å². The van der Waals surface area contributed by atoms with Gasteiger partial charge in [-0.3, -0.25) is 10.1 Å². The van der Waals surface area contributed by atoms with Crippen LogP contribution in [0, 0.1) is 16.0 Å². The summed E-state index contributed by atoms with van der Waals surface area (Å²) in [7, 11) is 0. The van der Waals surface area contributed by atoms with Crippen LogP contribution in [0.2, 0.25) is 0 Å². The molecular formula is C23H28N6O3. The van der Waals surface area contributed by atoms with Gasteiger partial charge in [0.1, 0.15) is 17.8 Å². The first-order chi connectivity index (χ1) is 15.6. The van der Waals surface area contributed by atoms with Crippen molar-refractivity contribution in [2.24, 2.45) is 5.92 Å². The molecule has 1 atom stereocenters. The number of nitrogens with one attached hydrogen (secondary N) is 2. The van der Waals surface area contributed by atoms with Gasteiger partial charge in [-0.05, 0) is 49.4 Å². The van der Waals surface area contributed by atoms with Crippen LogP contribution in [-0.2, 0) is 6.54 Å². The Bertz CT molecular complexity index is 1090. The molecule has 1 aliphatic heterocycles. The largest absolute Gasteiger partial charge is 0.396 e. The molecule has 3 N–H and O–H groups in total. The molecule has 1 fully saturated rings. The third-order valence-electron chi connectivity index (χ3n) is 5.86. The number of aromatic nitrogens is 2. The first-order valence-electron chi connectivity index (χ1n) is 10.9. The van der Waals surface area contributed by atoms with Crippen LogP contribution in [0.25, 0.3) is 10.9 Å². The zero-order chi connectivity index (χ0) is 22.5. The SMILES string of the molecule is CCNc1cc2ncnc(NCc3ccc(N4CCCC(CO)C4)cc3)c2cc1[N+](=O)[O-]. The third-order valence-corrected chi connectivity index (χ3v) is 5.86. The first-order valence-corrected chi connectivity index (χ1v) is 10.9. The molecule has 2 heterocycles. The van der Waals surface area contributed by atoms with Gasteiger partial charge in [0.05, 0.1) is 10.4 Å². The summed E-state index contributed by atoms with van der Waals surface area (Å²) in [5.74, 6) is 0.903. The van der Waals surface area contributed by atoms with Crippen LogP contribution in [0.15, 0.2) is 42.7 Å². The summed E-state index contributed by atoms with van der Waals surface area (Å²) in [6.07, 6.45) is 3.64. The lowest BCUT2D eigenvalue weighted by Gasteiger charge is -2.33. The second-order valence-electron chi connectivity index (χ2n) is 8.05. The Morgan fingerprint density at radius 1 is 1.22 bits per heavy atom. The zero-order valence-electron chi connectivity index (χ0n) is 18.1. The minimum Gasteiger partial charge on any atom is -0.396 e. The Balaban J connectivity index is 1.50. The van der Waals surface area contributed by atoms with Crippen molar-refractivity contribution in [1.82, 2.24) is 9.97 Å². The Labute approximate surface area is 186 Å².